The molecule has 1 heterocycles. The largest absolute Gasteiger partial charge is 1.00 e. The van der Waals surface area contributed by atoms with Crippen molar-refractivity contribution in [1.29, 1.82) is 0 Å². The van der Waals surface area contributed by atoms with E-state index in [4.69, 9.17) is 9.47 Å². The molecule has 122 valence electrons. The number of aryl methyl sites for hydroxylation is 1. The summed E-state index contributed by atoms with van der Waals surface area (Å²) >= 11 is 0. The molecule has 0 aliphatic rings. The maximum atomic E-state index is 5.33. The standard InChI is InChI=1S/C17H25N2O2.BrH/c1-5-6-7-18-8-9-19(14(18)2)13-15-10-16(20-3)12-17(11-15)21-4;/h8-12H,5-7,13H2,1-4H3;1H/q+1;/p-1. The summed E-state index contributed by atoms with van der Waals surface area (Å²) in [6.07, 6.45) is 6.71. The molecule has 4 nitrogen and oxygen atoms in total. The van der Waals surface area contributed by atoms with Crippen LogP contribution in [-0.2, 0) is 13.1 Å². The summed E-state index contributed by atoms with van der Waals surface area (Å²) in [5, 5.41) is 0. The number of benzene rings is 1. The van der Waals surface area contributed by atoms with Crippen LogP contribution in [0.4, 0.5) is 0 Å². The van der Waals surface area contributed by atoms with E-state index in [-0.39, 0.29) is 17.0 Å². The number of rotatable bonds is 7. The highest BCUT2D eigenvalue weighted by Crippen LogP contribution is 2.22. The van der Waals surface area contributed by atoms with E-state index in [1.165, 1.54) is 24.2 Å². The number of hydrogen-bond acceptors (Lipinski definition) is 2. The molecule has 0 aliphatic heterocycles. The van der Waals surface area contributed by atoms with E-state index < -0.39 is 0 Å². The molecule has 0 unspecified atom stereocenters. The van der Waals surface area contributed by atoms with Crippen LogP contribution in [-0.4, -0.2) is 18.8 Å². The Balaban J connectivity index is 0.00000242. The van der Waals surface area contributed by atoms with Gasteiger partial charge in [0.05, 0.1) is 20.8 Å². The molecule has 0 fully saturated rings. The maximum Gasteiger partial charge on any atom is 0.253 e. The van der Waals surface area contributed by atoms with Crippen LogP contribution >= 0.6 is 0 Å². The quantitative estimate of drug-likeness (QED) is 0.641. The van der Waals surface area contributed by atoms with E-state index in [1.54, 1.807) is 14.2 Å². The van der Waals surface area contributed by atoms with Gasteiger partial charge in [-0.1, -0.05) is 13.3 Å². The number of ether oxygens (including phenoxy) is 2. The lowest BCUT2D eigenvalue weighted by atomic mass is 10.2. The molecule has 0 N–H and O–H groups in total. The topological polar surface area (TPSA) is 27.3 Å². The van der Waals surface area contributed by atoms with Crippen LogP contribution in [0.15, 0.2) is 30.6 Å². The van der Waals surface area contributed by atoms with E-state index in [1.807, 2.05) is 6.07 Å². The van der Waals surface area contributed by atoms with E-state index in [0.717, 1.165) is 24.6 Å². The first kappa shape index (κ1) is 18.6. The highest BCUT2D eigenvalue weighted by atomic mass is 79.9. The molecular weight excluding hydrogens is 344 g/mol. The fourth-order valence-corrected chi connectivity index (χ4v) is 2.43. The zero-order chi connectivity index (χ0) is 15.2. The van der Waals surface area contributed by atoms with E-state index in [9.17, 15) is 0 Å². The molecule has 0 aliphatic carbocycles. The second kappa shape index (κ2) is 8.83. The van der Waals surface area contributed by atoms with Crippen LogP contribution in [0, 0.1) is 6.92 Å². The molecule has 1 aromatic heterocycles. The van der Waals surface area contributed by atoms with Gasteiger partial charge in [0.15, 0.2) is 0 Å². The molecule has 2 aromatic rings. The van der Waals surface area contributed by atoms with E-state index in [0.29, 0.717) is 0 Å². The van der Waals surface area contributed by atoms with Crippen LogP contribution in [0.3, 0.4) is 0 Å². The van der Waals surface area contributed by atoms with E-state index in [2.05, 4.69) is 47.5 Å². The van der Waals surface area contributed by atoms with Gasteiger partial charge in [0, 0.05) is 18.6 Å². The van der Waals surface area contributed by atoms with Gasteiger partial charge in [0.1, 0.15) is 30.4 Å². The van der Waals surface area contributed by atoms with Crippen molar-refractivity contribution in [3.8, 4) is 11.5 Å². The summed E-state index contributed by atoms with van der Waals surface area (Å²) in [5.41, 5.74) is 1.17. The minimum atomic E-state index is 0. The van der Waals surface area contributed by atoms with Crippen LogP contribution < -0.4 is 31.0 Å². The highest BCUT2D eigenvalue weighted by molar-refractivity contribution is 5.38. The van der Waals surface area contributed by atoms with Gasteiger partial charge in [0.25, 0.3) is 5.82 Å². The Morgan fingerprint density at radius 3 is 2.27 bits per heavy atom. The summed E-state index contributed by atoms with van der Waals surface area (Å²) in [4.78, 5) is 0. The first-order chi connectivity index (χ1) is 10.2. The van der Waals surface area contributed by atoms with Crippen LogP contribution in [0.1, 0.15) is 31.2 Å². The van der Waals surface area contributed by atoms with Crippen molar-refractivity contribution in [2.45, 2.75) is 39.8 Å². The van der Waals surface area contributed by atoms with Crippen molar-refractivity contribution in [1.82, 2.24) is 4.57 Å². The number of methoxy groups -OCH3 is 2. The van der Waals surface area contributed by atoms with Crippen molar-refractivity contribution >= 4 is 0 Å². The molecule has 0 amide bonds. The molecule has 1 aromatic carbocycles. The van der Waals surface area contributed by atoms with Gasteiger partial charge in [-0.05, 0) is 18.6 Å². The normalized spacial score (nSPS) is 10.2. The lowest BCUT2D eigenvalue weighted by Crippen LogP contribution is -3.00. The predicted octanol–water partition coefficient (Wildman–Crippen LogP) is -0.0464. The first-order valence-corrected chi connectivity index (χ1v) is 7.45. The van der Waals surface area contributed by atoms with Crippen LogP contribution in [0.5, 0.6) is 11.5 Å². The van der Waals surface area contributed by atoms with Gasteiger partial charge in [0.2, 0.25) is 0 Å². The third-order valence-corrected chi connectivity index (χ3v) is 3.77. The molecule has 0 saturated heterocycles. The minimum absolute atomic E-state index is 0. The second-order valence-corrected chi connectivity index (χ2v) is 5.24. The number of hydrogen-bond donors (Lipinski definition) is 0. The fraction of sp³-hybridized carbons (Fsp3) is 0.471. The molecular formula is C17H25BrN2O2. The lowest BCUT2D eigenvalue weighted by Gasteiger charge is -2.08. The Hall–Kier alpha value is -1.49. The molecule has 5 heteroatoms. The predicted molar refractivity (Wildman–Crippen MR) is 82.9 cm³/mol. The molecule has 22 heavy (non-hydrogen) atoms. The smallest absolute Gasteiger partial charge is 0.253 e. The second-order valence-electron chi connectivity index (χ2n) is 5.24. The van der Waals surface area contributed by atoms with E-state index >= 15 is 0 Å². The van der Waals surface area contributed by atoms with Gasteiger partial charge in [-0.2, -0.15) is 0 Å². The summed E-state index contributed by atoms with van der Waals surface area (Å²) in [6.45, 7) is 6.28. The maximum absolute atomic E-state index is 5.33. The summed E-state index contributed by atoms with van der Waals surface area (Å²) in [5.74, 6) is 2.92. The minimum Gasteiger partial charge on any atom is -1.00 e. The summed E-state index contributed by atoms with van der Waals surface area (Å²) < 4.78 is 15.2. The summed E-state index contributed by atoms with van der Waals surface area (Å²) in [7, 11) is 3.36. The molecule has 0 saturated carbocycles. The van der Waals surface area contributed by atoms with Crippen LogP contribution in [0.2, 0.25) is 0 Å². The van der Waals surface area contributed by atoms with Gasteiger partial charge >= 0.3 is 0 Å². The van der Waals surface area contributed by atoms with Gasteiger partial charge < -0.3 is 26.5 Å². The number of imidazole rings is 1. The zero-order valence-corrected chi connectivity index (χ0v) is 15.4. The number of halogens is 1. The van der Waals surface area contributed by atoms with Gasteiger partial charge in [-0.3, -0.25) is 0 Å². The molecule has 0 bridgehead atoms. The third kappa shape index (κ3) is 4.50. The number of unbranched alkanes of at least 4 members (excludes halogenated alkanes) is 1. The monoisotopic (exact) mass is 368 g/mol. The Bertz CT molecular complexity index is 574. The Kier molecular flexibility index (Phi) is 7.45. The lowest BCUT2D eigenvalue weighted by molar-refractivity contribution is -0.694. The average molecular weight is 369 g/mol. The Labute approximate surface area is 143 Å². The Morgan fingerprint density at radius 1 is 1.09 bits per heavy atom. The van der Waals surface area contributed by atoms with Gasteiger partial charge in [-0.15, -0.1) is 0 Å². The van der Waals surface area contributed by atoms with Crippen molar-refractivity contribution in [3.05, 3.63) is 42.0 Å². The zero-order valence-electron chi connectivity index (χ0n) is 13.8. The Morgan fingerprint density at radius 2 is 1.73 bits per heavy atom. The van der Waals surface area contributed by atoms with Crippen molar-refractivity contribution < 1.29 is 31.0 Å². The molecule has 0 atom stereocenters. The SMILES string of the molecule is CCCCn1cc[n+](Cc2cc(OC)cc(OC)c2)c1C.[Br-]. The molecule has 0 radical (unpaired) electrons. The fourth-order valence-electron chi connectivity index (χ4n) is 2.43. The third-order valence-electron chi connectivity index (χ3n) is 3.77. The molecule has 0 spiro atoms. The number of nitrogens with zero attached hydrogens (tertiary/aromatic N) is 2. The summed E-state index contributed by atoms with van der Waals surface area (Å²) in [6, 6.07) is 6.00. The average Bonchev–Trinajstić information content (AvgIpc) is 2.85. The van der Waals surface area contributed by atoms with Crippen molar-refractivity contribution in [3.63, 3.8) is 0 Å². The van der Waals surface area contributed by atoms with Crippen LogP contribution in [0.25, 0.3) is 0 Å². The number of aromatic nitrogens is 2. The van der Waals surface area contributed by atoms with Crippen molar-refractivity contribution in [2.24, 2.45) is 0 Å². The molecule has 2 rings (SSSR count). The first-order valence-electron chi connectivity index (χ1n) is 7.45. The van der Waals surface area contributed by atoms with Gasteiger partial charge in [-0.25, -0.2) is 9.13 Å². The van der Waals surface area contributed by atoms with Crippen molar-refractivity contribution in [2.75, 3.05) is 14.2 Å². The highest BCUT2D eigenvalue weighted by Gasteiger charge is 2.13.